The fourth-order valence-electron chi connectivity index (χ4n) is 2.76. The Morgan fingerprint density at radius 1 is 1.40 bits per heavy atom. The SMILES string of the molecule is CC1CC(C(=O)O)CCN1C(=O)N1CCOC(C#N)C1. The fraction of sp³-hybridized carbons (Fsp3) is 0.769. The molecule has 7 nitrogen and oxygen atoms in total. The number of likely N-dealkylation sites (tertiary alicyclic amines) is 1. The first-order valence-electron chi connectivity index (χ1n) is 6.82. The molecule has 2 aliphatic heterocycles. The minimum absolute atomic E-state index is 0.0965. The predicted molar refractivity (Wildman–Crippen MR) is 68.8 cm³/mol. The number of carbonyl (C=O) groups excluding carboxylic acids is 1. The van der Waals surface area contributed by atoms with Crippen LogP contribution in [0.1, 0.15) is 19.8 Å². The number of amides is 2. The molecule has 110 valence electrons. The number of rotatable bonds is 1. The molecule has 3 atom stereocenters. The largest absolute Gasteiger partial charge is 0.481 e. The van der Waals surface area contributed by atoms with Gasteiger partial charge in [0, 0.05) is 19.1 Å². The van der Waals surface area contributed by atoms with E-state index in [1.165, 1.54) is 0 Å². The van der Waals surface area contributed by atoms with E-state index in [1.54, 1.807) is 9.80 Å². The van der Waals surface area contributed by atoms with Crippen molar-refractivity contribution in [2.24, 2.45) is 5.92 Å². The summed E-state index contributed by atoms with van der Waals surface area (Å²) in [7, 11) is 0. The summed E-state index contributed by atoms with van der Waals surface area (Å²) in [6.45, 7) is 3.44. The second-order valence-corrected chi connectivity index (χ2v) is 5.32. The lowest BCUT2D eigenvalue weighted by Crippen LogP contribution is -2.55. The number of morpholine rings is 1. The zero-order valence-corrected chi connectivity index (χ0v) is 11.5. The number of carboxylic acids is 1. The van der Waals surface area contributed by atoms with Crippen LogP contribution in [0.15, 0.2) is 0 Å². The monoisotopic (exact) mass is 281 g/mol. The Morgan fingerprint density at radius 3 is 2.75 bits per heavy atom. The van der Waals surface area contributed by atoms with Crippen molar-refractivity contribution in [3.8, 4) is 6.07 Å². The average Bonchev–Trinajstić information content (AvgIpc) is 2.46. The quantitative estimate of drug-likeness (QED) is 0.756. The van der Waals surface area contributed by atoms with Gasteiger partial charge >= 0.3 is 12.0 Å². The Bertz CT molecular complexity index is 434. The molecule has 1 N–H and O–H groups in total. The topological polar surface area (TPSA) is 93.9 Å². The number of nitriles is 1. The smallest absolute Gasteiger partial charge is 0.320 e. The number of aliphatic carboxylic acids is 1. The highest BCUT2D eigenvalue weighted by molar-refractivity contribution is 5.76. The van der Waals surface area contributed by atoms with Crippen LogP contribution >= 0.6 is 0 Å². The number of hydrogen-bond acceptors (Lipinski definition) is 4. The van der Waals surface area contributed by atoms with E-state index in [2.05, 4.69) is 0 Å². The second kappa shape index (κ2) is 6.09. The summed E-state index contributed by atoms with van der Waals surface area (Å²) < 4.78 is 5.22. The third kappa shape index (κ3) is 3.02. The van der Waals surface area contributed by atoms with Crippen molar-refractivity contribution in [1.29, 1.82) is 5.26 Å². The molecular weight excluding hydrogens is 262 g/mol. The number of piperidine rings is 1. The van der Waals surface area contributed by atoms with Crippen LogP contribution in [0.5, 0.6) is 0 Å². The molecule has 2 heterocycles. The average molecular weight is 281 g/mol. The summed E-state index contributed by atoms with van der Waals surface area (Å²) in [4.78, 5) is 26.8. The number of nitrogens with zero attached hydrogens (tertiary/aromatic N) is 3. The van der Waals surface area contributed by atoms with Crippen molar-refractivity contribution >= 4 is 12.0 Å². The van der Waals surface area contributed by atoms with E-state index in [1.807, 2.05) is 13.0 Å². The normalized spacial score (nSPS) is 30.7. The van der Waals surface area contributed by atoms with Gasteiger partial charge in [-0.1, -0.05) is 0 Å². The molecular formula is C13H19N3O4. The van der Waals surface area contributed by atoms with Gasteiger partial charge in [0.15, 0.2) is 6.10 Å². The third-order valence-electron chi connectivity index (χ3n) is 3.95. The molecule has 7 heteroatoms. The molecule has 20 heavy (non-hydrogen) atoms. The van der Waals surface area contributed by atoms with Gasteiger partial charge in [-0.2, -0.15) is 5.26 Å². The van der Waals surface area contributed by atoms with E-state index in [4.69, 9.17) is 15.1 Å². The summed E-state index contributed by atoms with van der Waals surface area (Å²) in [5.41, 5.74) is 0. The van der Waals surface area contributed by atoms with Crippen molar-refractivity contribution in [3.05, 3.63) is 0 Å². The van der Waals surface area contributed by atoms with Gasteiger partial charge in [0.1, 0.15) is 0 Å². The van der Waals surface area contributed by atoms with Crippen molar-refractivity contribution in [2.45, 2.75) is 31.9 Å². The maximum absolute atomic E-state index is 12.4. The molecule has 3 unspecified atom stereocenters. The molecule has 0 aromatic rings. The van der Waals surface area contributed by atoms with Gasteiger partial charge in [0.05, 0.1) is 25.1 Å². The highest BCUT2D eigenvalue weighted by Gasteiger charge is 2.35. The maximum atomic E-state index is 12.4. The number of carbonyl (C=O) groups is 2. The highest BCUT2D eigenvalue weighted by atomic mass is 16.5. The third-order valence-corrected chi connectivity index (χ3v) is 3.95. The summed E-state index contributed by atoms with van der Waals surface area (Å²) in [5.74, 6) is -1.16. The molecule has 2 rings (SSSR count). The predicted octanol–water partition coefficient (Wildman–Crippen LogP) is 0.516. The van der Waals surface area contributed by atoms with E-state index < -0.39 is 12.1 Å². The van der Waals surface area contributed by atoms with Gasteiger partial charge in [-0.25, -0.2) is 4.79 Å². The number of carboxylic acid groups (broad SMARTS) is 1. The first-order chi connectivity index (χ1) is 9.52. The highest BCUT2D eigenvalue weighted by Crippen LogP contribution is 2.24. The molecule has 0 radical (unpaired) electrons. The lowest BCUT2D eigenvalue weighted by atomic mass is 9.92. The van der Waals surface area contributed by atoms with Crippen LogP contribution in [-0.2, 0) is 9.53 Å². The Morgan fingerprint density at radius 2 is 2.15 bits per heavy atom. The molecule has 0 aromatic carbocycles. The molecule has 0 aliphatic carbocycles. The Kier molecular flexibility index (Phi) is 4.45. The van der Waals surface area contributed by atoms with Crippen LogP contribution in [0.2, 0.25) is 0 Å². The number of hydrogen-bond donors (Lipinski definition) is 1. The minimum Gasteiger partial charge on any atom is -0.481 e. The van der Waals surface area contributed by atoms with E-state index in [-0.39, 0.29) is 24.5 Å². The van der Waals surface area contributed by atoms with Crippen LogP contribution in [0.25, 0.3) is 0 Å². The minimum atomic E-state index is -0.792. The van der Waals surface area contributed by atoms with Gasteiger partial charge in [0.2, 0.25) is 0 Å². The van der Waals surface area contributed by atoms with E-state index in [0.717, 1.165) is 0 Å². The van der Waals surface area contributed by atoms with Crippen LogP contribution in [-0.4, -0.2) is 65.3 Å². The lowest BCUT2D eigenvalue weighted by molar-refractivity contribution is -0.143. The van der Waals surface area contributed by atoms with Crippen molar-refractivity contribution < 1.29 is 19.4 Å². The van der Waals surface area contributed by atoms with Gasteiger partial charge in [0.25, 0.3) is 0 Å². The summed E-state index contributed by atoms with van der Waals surface area (Å²) in [6.07, 6.45) is 0.393. The van der Waals surface area contributed by atoms with Crippen LogP contribution < -0.4 is 0 Å². The Hall–Kier alpha value is -1.81. The zero-order valence-electron chi connectivity index (χ0n) is 11.5. The summed E-state index contributed by atoms with van der Waals surface area (Å²) in [5, 5.41) is 17.9. The first-order valence-corrected chi connectivity index (χ1v) is 6.82. The Balaban J connectivity index is 1.96. The first kappa shape index (κ1) is 14.6. The van der Waals surface area contributed by atoms with Gasteiger partial charge in [-0.05, 0) is 19.8 Å². The summed E-state index contributed by atoms with van der Waals surface area (Å²) >= 11 is 0. The van der Waals surface area contributed by atoms with E-state index >= 15 is 0 Å². The second-order valence-electron chi connectivity index (χ2n) is 5.32. The van der Waals surface area contributed by atoms with Crippen LogP contribution in [0, 0.1) is 17.2 Å². The number of ether oxygens (including phenoxy) is 1. The lowest BCUT2D eigenvalue weighted by Gasteiger charge is -2.40. The van der Waals surface area contributed by atoms with Crippen LogP contribution in [0.4, 0.5) is 4.79 Å². The van der Waals surface area contributed by atoms with Crippen molar-refractivity contribution in [3.63, 3.8) is 0 Å². The molecule has 0 saturated carbocycles. The molecule has 2 aliphatic rings. The van der Waals surface area contributed by atoms with Gasteiger partial charge in [-0.15, -0.1) is 0 Å². The maximum Gasteiger partial charge on any atom is 0.320 e. The van der Waals surface area contributed by atoms with E-state index in [0.29, 0.717) is 32.5 Å². The fourth-order valence-corrected chi connectivity index (χ4v) is 2.76. The van der Waals surface area contributed by atoms with Crippen molar-refractivity contribution in [1.82, 2.24) is 9.80 Å². The van der Waals surface area contributed by atoms with Crippen LogP contribution in [0.3, 0.4) is 0 Å². The van der Waals surface area contributed by atoms with Crippen molar-refractivity contribution in [2.75, 3.05) is 26.2 Å². The summed E-state index contributed by atoms with van der Waals surface area (Å²) in [6, 6.07) is 1.80. The standard InChI is InChI=1S/C13H19N3O4/c1-9-6-10(12(17)18)2-3-16(9)13(19)15-4-5-20-11(7-14)8-15/h9-11H,2-6,8H2,1H3,(H,17,18). The Labute approximate surface area is 117 Å². The molecule has 2 saturated heterocycles. The molecule has 0 spiro atoms. The van der Waals surface area contributed by atoms with Gasteiger partial charge in [-0.3, -0.25) is 4.79 Å². The molecule has 0 bridgehead atoms. The zero-order chi connectivity index (χ0) is 14.7. The molecule has 0 aromatic heterocycles. The molecule has 2 amide bonds. The molecule has 2 fully saturated rings. The number of urea groups is 1. The van der Waals surface area contributed by atoms with E-state index in [9.17, 15) is 9.59 Å². The van der Waals surface area contributed by atoms with Gasteiger partial charge < -0.3 is 19.6 Å².